The number of thiol groups is 1. The van der Waals surface area contributed by atoms with Crippen LogP contribution in [0.15, 0.2) is 4.99 Å². The molecule has 0 spiro atoms. The Morgan fingerprint density at radius 1 is 0.912 bits per heavy atom. The van der Waals surface area contributed by atoms with Gasteiger partial charge in [-0.15, -0.1) is 0 Å². The van der Waals surface area contributed by atoms with Gasteiger partial charge in [-0.2, -0.15) is 12.6 Å². The van der Waals surface area contributed by atoms with Gasteiger partial charge in [0, 0.05) is 12.3 Å². The normalized spacial score (nSPS) is 14.3. The molecule has 0 aromatic carbocycles. The molecule has 0 aromatic heterocycles. The monoisotopic (exact) mass is 504 g/mol. The molecule has 14 nitrogen and oxygen atoms in total. The van der Waals surface area contributed by atoms with Crippen molar-refractivity contribution in [2.45, 2.75) is 63.7 Å². The zero-order valence-corrected chi connectivity index (χ0v) is 20.2. The van der Waals surface area contributed by atoms with Crippen LogP contribution >= 0.6 is 12.6 Å². The third-order valence-electron chi connectivity index (χ3n) is 4.47. The Morgan fingerprint density at radius 2 is 1.44 bits per heavy atom. The van der Waals surface area contributed by atoms with E-state index in [2.05, 4.69) is 33.6 Å². The zero-order valence-electron chi connectivity index (χ0n) is 19.3. The molecule has 0 aliphatic carbocycles. The van der Waals surface area contributed by atoms with Crippen molar-refractivity contribution >= 4 is 48.2 Å². The summed E-state index contributed by atoms with van der Waals surface area (Å²) in [6.45, 7) is 3.78. The second-order valence-corrected chi connectivity index (χ2v) is 8.42. The van der Waals surface area contributed by atoms with Crippen molar-refractivity contribution < 1.29 is 29.1 Å². The van der Waals surface area contributed by atoms with Gasteiger partial charge in [0.2, 0.25) is 23.6 Å². The minimum Gasteiger partial charge on any atom is -0.480 e. The summed E-state index contributed by atoms with van der Waals surface area (Å²) in [5.74, 6) is -4.56. The molecule has 15 heteroatoms. The molecule has 0 aromatic rings. The Balaban J connectivity index is 5.37. The number of carboxylic acids is 1. The van der Waals surface area contributed by atoms with Crippen LogP contribution in [0.2, 0.25) is 0 Å². The Hall–Kier alpha value is -3.07. The summed E-state index contributed by atoms with van der Waals surface area (Å²) in [4.78, 5) is 64.0. The van der Waals surface area contributed by atoms with Gasteiger partial charge in [0.15, 0.2) is 5.96 Å². The molecule has 4 unspecified atom stereocenters. The Kier molecular flexibility index (Phi) is 14.3. The van der Waals surface area contributed by atoms with Crippen LogP contribution in [-0.2, 0) is 24.0 Å². The summed E-state index contributed by atoms with van der Waals surface area (Å²) in [5.41, 5.74) is 21.2. The lowest BCUT2D eigenvalue weighted by Crippen LogP contribution is -2.58. The third-order valence-corrected chi connectivity index (χ3v) is 4.84. The zero-order chi connectivity index (χ0) is 26.4. The van der Waals surface area contributed by atoms with Crippen molar-refractivity contribution in [2.75, 3.05) is 12.3 Å². The molecular formula is C19H36N8O6S. The molecule has 0 saturated heterocycles. The highest BCUT2D eigenvalue weighted by atomic mass is 32.1. The van der Waals surface area contributed by atoms with Crippen LogP contribution in [0.4, 0.5) is 0 Å². The van der Waals surface area contributed by atoms with E-state index in [1.807, 2.05) is 0 Å². The van der Waals surface area contributed by atoms with Crippen LogP contribution in [-0.4, -0.2) is 77.1 Å². The standard InChI is InChI=1S/C19H36N8O6S/c1-9(2)6-12(18(32)33)26-17(31)13(8-34)27-16(30)11(4-3-5-24-19(22)23)25-15(29)10(20)7-14(21)28/h9-13,34H,3-8,20H2,1-2H3,(H2,21,28)(H,25,29)(H,26,31)(H,27,30)(H,32,33)(H4,22,23,24). The first-order valence-corrected chi connectivity index (χ1v) is 11.3. The Bertz CT molecular complexity index is 759. The largest absolute Gasteiger partial charge is 0.480 e. The number of carboxylic acid groups (broad SMARTS) is 1. The number of nitrogens with two attached hydrogens (primary N) is 4. The van der Waals surface area contributed by atoms with E-state index in [1.54, 1.807) is 13.8 Å². The molecule has 194 valence electrons. The number of guanidine groups is 1. The minimum atomic E-state index is -1.28. The van der Waals surface area contributed by atoms with Crippen LogP contribution in [0, 0.1) is 5.92 Å². The molecule has 34 heavy (non-hydrogen) atoms. The average molecular weight is 505 g/mol. The number of aliphatic carboxylic acids is 1. The highest BCUT2D eigenvalue weighted by Gasteiger charge is 2.30. The summed E-state index contributed by atoms with van der Waals surface area (Å²) >= 11 is 4.06. The van der Waals surface area contributed by atoms with Crippen molar-refractivity contribution in [1.82, 2.24) is 16.0 Å². The maximum Gasteiger partial charge on any atom is 0.326 e. The topological polar surface area (TPSA) is 258 Å². The van der Waals surface area contributed by atoms with Gasteiger partial charge in [0.1, 0.15) is 18.1 Å². The van der Waals surface area contributed by atoms with Crippen LogP contribution < -0.4 is 38.9 Å². The number of hydrogen-bond acceptors (Lipinski definition) is 8. The van der Waals surface area contributed by atoms with E-state index in [9.17, 15) is 29.1 Å². The van der Waals surface area contributed by atoms with Crippen molar-refractivity contribution in [2.24, 2.45) is 33.8 Å². The lowest BCUT2D eigenvalue weighted by Gasteiger charge is -2.24. The molecule has 0 aliphatic rings. The van der Waals surface area contributed by atoms with Gasteiger partial charge < -0.3 is 44.0 Å². The lowest BCUT2D eigenvalue weighted by atomic mass is 10.0. The number of amides is 4. The molecule has 4 atom stereocenters. The number of carbonyl (C=O) groups excluding carboxylic acids is 4. The second-order valence-electron chi connectivity index (χ2n) is 8.06. The first-order valence-electron chi connectivity index (χ1n) is 10.6. The lowest BCUT2D eigenvalue weighted by molar-refractivity contribution is -0.142. The maximum atomic E-state index is 12.8. The van der Waals surface area contributed by atoms with Crippen molar-refractivity contribution in [3.63, 3.8) is 0 Å². The number of nitrogens with one attached hydrogen (secondary N) is 3. The van der Waals surface area contributed by atoms with Crippen LogP contribution in [0.25, 0.3) is 0 Å². The van der Waals surface area contributed by atoms with Gasteiger partial charge in [0.25, 0.3) is 0 Å². The van der Waals surface area contributed by atoms with Gasteiger partial charge in [-0.05, 0) is 25.2 Å². The Morgan fingerprint density at radius 3 is 1.91 bits per heavy atom. The van der Waals surface area contributed by atoms with E-state index in [0.29, 0.717) is 0 Å². The Labute approximate surface area is 203 Å². The number of nitrogens with zero attached hydrogens (tertiary/aromatic N) is 1. The van der Waals surface area contributed by atoms with Gasteiger partial charge in [-0.25, -0.2) is 4.79 Å². The molecule has 0 fully saturated rings. The fourth-order valence-electron chi connectivity index (χ4n) is 2.79. The van der Waals surface area contributed by atoms with Gasteiger partial charge in [-0.3, -0.25) is 24.2 Å². The van der Waals surface area contributed by atoms with Crippen molar-refractivity contribution in [3.8, 4) is 0 Å². The number of primary amides is 1. The molecule has 0 heterocycles. The van der Waals surface area contributed by atoms with Crippen molar-refractivity contribution in [1.29, 1.82) is 0 Å². The van der Waals surface area contributed by atoms with Crippen molar-refractivity contribution in [3.05, 3.63) is 0 Å². The fraction of sp³-hybridized carbons (Fsp3) is 0.684. The maximum absolute atomic E-state index is 12.8. The van der Waals surface area contributed by atoms with E-state index < -0.39 is 60.2 Å². The third kappa shape index (κ3) is 12.8. The summed E-state index contributed by atoms with van der Waals surface area (Å²) < 4.78 is 0. The molecule has 12 N–H and O–H groups in total. The molecular weight excluding hydrogens is 468 g/mol. The van der Waals surface area contributed by atoms with E-state index in [-0.39, 0.29) is 43.4 Å². The highest BCUT2D eigenvalue weighted by molar-refractivity contribution is 7.80. The van der Waals surface area contributed by atoms with E-state index >= 15 is 0 Å². The molecule has 0 bridgehead atoms. The summed E-state index contributed by atoms with van der Waals surface area (Å²) in [7, 11) is 0. The first kappa shape index (κ1) is 30.9. The predicted octanol–water partition coefficient (Wildman–Crippen LogP) is -3.24. The molecule has 4 amide bonds. The molecule has 0 rings (SSSR count). The predicted molar refractivity (Wildman–Crippen MR) is 128 cm³/mol. The van der Waals surface area contributed by atoms with E-state index in [4.69, 9.17) is 22.9 Å². The number of carbonyl (C=O) groups is 5. The summed E-state index contributed by atoms with van der Waals surface area (Å²) in [5, 5.41) is 16.6. The van der Waals surface area contributed by atoms with Crippen LogP contribution in [0.5, 0.6) is 0 Å². The quantitative estimate of drug-likeness (QED) is 0.0442. The summed E-state index contributed by atoms with van der Waals surface area (Å²) in [6, 6.07) is -4.75. The van der Waals surface area contributed by atoms with Crippen LogP contribution in [0.3, 0.4) is 0 Å². The highest BCUT2D eigenvalue weighted by Crippen LogP contribution is 2.06. The SMILES string of the molecule is CC(C)CC(NC(=O)C(CS)NC(=O)C(CCCN=C(N)N)NC(=O)C(N)CC(N)=O)C(=O)O. The summed E-state index contributed by atoms with van der Waals surface area (Å²) in [6.07, 6.45) is 0.121. The smallest absolute Gasteiger partial charge is 0.326 e. The molecule has 0 saturated carbocycles. The molecule has 0 aliphatic heterocycles. The number of aliphatic imine (C=N–C) groups is 1. The number of rotatable bonds is 16. The number of hydrogen-bond donors (Lipinski definition) is 9. The van der Waals surface area contributed by atoms with E-state index in [1.165, 1.54) is 0 Å². The second kappa shape index (κ2) is 15.7. The average Bonchev–Trinajstić information content (AvgIpc) is 2.71. The van der Waals surface area contributed by atoms with Gasteiger partial charge in [-0.1, -0.05) is 13.8 Å². The van der Waals surface area contributed by atoms with Gasteiger partial charge >= 0.3 is 5.97 Å². The minimum absolute atomic E-state index is 0.000127. The van der Waals surface area contributed by atoms with Gasteiger partial charge in [0.05, 0.1) is 12.5 Å². The first-order chi connectivity index (χ1) is 15.8. The fourth-order valence-corrected chi connectivity index (χ4v) is 3.05. The van der Waals surface area contributed by atoms with Crippen LogP contribution in [0.1, 0.15) is 39.5 Å². The van der Waals surface area contributed by atoms with E-state index in [0.717, 1.165) is 0 Å². The molecule has 0 radical (unpaired) electrons.